The number of likely N-dealkylation sites (N-methyl/N-ethyl adjacent to an activating group) is 1. The van der Waals surface area contributed by atoms with Crippen molar-refractivity contribution in [1.82, 2.24) is 19.4 Å². The molecule has 1 aliphatic heterocycles. The van der Waals surface area contributed by atoms with Crippen molar-refractivity contribution < 1.29 is 27.9 Å². The number of carbonyl (C=O) groups is 2. The van der Waals surface area contributed by atoms with Crippen LogP contribution in [0.1, 0.15) is 42.9 Å². The number of aliphatic carboxylic acids is 1. The Morgan fingerprint density at radius 1 is 1.23 bits per heavy atom. The van der Waals surface area contributed by atoms with Gasteiger partial charge in [0.1, 0.15) is 6.04 Å². The second-order valence-corrected chi connectivity index (χ2v) is 7.72. The molecule has 3 rings (SSSR count). The predicted molar refractivity (Wildman–Crippen MR) is 108 cm³/mol. The van der Waals surface area contributed by atoms with Gasteiger partial charge in [0.05, 0.1) is 17.7 Å². The number of hydrogen-bond donors (Lipinski definition) is 1. The largest absolute Gasteiger partial charge is 0.490 e. The summed E-state index contributed by atoms with van der Waals surface area (Å²) in [6, 6.07) is 10.4. The molecule has 2 aromatic rings. The normalized spacial score (nSPS) is 16.3. The van der Waals surface area contributed by atoms with Gasteiger partial charge in [0.15, 0.2) is 0 Å². The number of nitrogens with zero attached hydrogens (tertiary/aromatic N) is 4. The fourth-order valence-electron chi connectivity index (χ4n) is 3.37. The summed E-state index contributed by atoms with van der Waals surface area (Å²) in [4.78, 5) is 30.4. The van der Waals surface area contributed by atoms with Crippen molar-refractivity contribution in [3.05, 3.63) is 53.6 Å². The summed E-state index contributed by atoms with van der Waals surface area (Å²) in [5.41, 5.74) is 3.35. The highest BCUT2D eigenvalue weighted by Crippen LogP contribution is 2.33. The van der Waals surface area contributed by atoms with E-state index in [1.165, 1.54) is 5.56 Å². The fourth-order valence-corrected chi connectivity index (χ4v) is 3.37. The average molecular weight is 440 g/mol. The lowest BCUT2D eigenvalue weighted by atomic mass is 9.99. The van der Waals surface area contributed by atoms with Crippen LogP contribution in [0.4, 0.5) is 13.2 Å². The number of alkyl halides is 3. The standard InChI is InChI=1S/C19H26N4O.C2HF3O2/c1-14(2)23-13-20-16-10-11-22(12-15-8-6-5-7-9-15)18(17(16)23)19(24)21(3)4;3-2(4,5)1(6)7/h5-9,13-14,18H,10-12H2,1-4H3;(H,6,7). The molecule has 7 nitrogen and oxygen atoms in total. The first kappa shape index (κ1) is 24.4. The molecule has 1 aromatic carbocycles. The Kier molecular flexibility index (Phi) is 7.83. The van der Waals surface area contributed by atoms with E-state index in [9.17, 15) is 18.0 Å². The molecular weight excluding hydrogens is 413 g/mol. The third-order valence-electron chi connectivity index (χ3n) is 4.87. The van der Waals surface area contributed by atoms with Crippen LogP contribution in [0.5, 0.6) is 0 Å². The molecule has 1 atom stereocenters. The van der Waals surface area contributed by atoms with Crippen molar-refractivity contribution >= 4 is 11.9 Å². The molecule has 0 aliphatic carbocycles. The monoisotopic (exact) mass is 440 g/mol. The molecule has 0 fully saturated rings. The van der Waals surface area contributed by atoms with E-state index in [4.69, 9.17) is 9.90 Å². The van der Waals surface area contributed by atoms with Crippen LogP contribution in [0.15, 0.2) is 36.7 Å². The number of carboxylic acids is 1. The summed E-state index contributed by atoms with van der Waals surface area (Å²) in [6.07, 6.45) is -2.31. The number of carbonyl (C=O) groups excluding carboxylic acids is 1. The number of amides is 1. The Morgan fingerprint density at radius 3 is 2.29 bits per heavy atom. The first-order valence-electron chi connectivity index (χ1n) is 9.78. The molecule has 10 heteroatoms. The molecule has 0 bridgehead atoms. The molecule has 2 heterocycles. The minimum atomic E-state index is -5.08. The smallest absolute Gasteiger partial charge is 0.475 e. The number of fused-ring (bicyclic) bond motifs is 1. The lowest BCUT2D eigenvalue weighted by Gasteiger charge is -2.37. The van der Waals surface area contributed by atoms with Crippen molar-refractivity contribution in [2.75, 3.05) is 20.6 Å². The number of halogens is 3. The van der Waals surface area contributed by atoms with Gasteiger partial charge in [-0.2, -0.15) is 13.2 Å². The van der Waals surface area contributed by atoms with Gasteiger partial charge in [0, 0.05) is 39.6 Å². The Labute approximate surface area is 179 Å². The second-order valence-electron chi connectivity index (χ2n) is 7.72. The molecule has 1 unspecified atom stereocenters. The van der Waals surface area contributed by atoms with Crippen molar-refractivity contribution in [2.24, 2.45) is 0 Å². The van der Waals surface area contributed by atoms with E-state index in [0.29, 0.717) is 0 Å². The Morgan fingerprint density at radius 2 is 1.81 bits per heavy atom. The highest BCUT2D eigenvalue weighted by Gasteiger charge is 2.38. The van der Waals surface area contributed by atoms with E-state index >= 15 is 0 Å². The van der Waals surface area contributed by atoms with E-state index in [1.54, 1.807) is 4.90 Å². The number of carboxylic acid groups (broad SMARTS) is 1. The summed E-state index contributed by atoms with van der Waals surface area (Å²) >= 11 is 0. The number of imidazole rings is 1. The van der Waals surface area contributed by atoms with E-state index < -0.39 is 12.1 Å². The molecular formula is C21H27F3N4O3. The number of aromatic nitrogens is 2. The Bertz CT molecular complexity index is 895. The van der Waals surface area contributed by atoms with Gasteiger partial charge in [0.2, 0.25) is 5.91 Å². The van der Waals surface area contributed by atoms with Crippen molar-refractivity contribution in [3.63, 3.8) is 0 Å². The maximum atomic E-state index is 13.0. The summed E-state index contributed by atoms with van der Waals surface area (Å²) in [5, 5.41) is 7.12. The molecule has 1 amide bonds. The van der Waals surface area contributed by atoms with Gasteiger partial charge in [-0.1, -0.05) is 30.3 Å². The highest BCUT2D eigenvalue weighted by molar-refractivity contribution is 5.83. The lowest BCUT2D eigenvalue weighted by molar-refractivity contribution is -0.192. The fraction of sp³-hybridized carbons (Fsp3) is 0.476. The molecule has 170 valence electrons. The van der Waals surface area contributed by atoms with Gasteiger partial charge in [-0.3, -0.25) is 9.69 Å². The van der Waals surface area contributed by atoms with E-state index in [2.05, 4.69) is 40.4 Å². The van der Waals surface area contributed by atoms with Gasteiger partial charge < -0.3 is 14.6 Å². The number of hydrogen-bond acceptors (Lipinski definition) is 4. The van der Waals surface area contributed by atoms with Crippen LogP contribution in [0.25, 0.3) is 0 Å². The third-order valence-corrected chi connectivity index (χ3v) is 4.87. The zero-order valence-corrected chi connectivity index (χ0v) is 17.9. The molecule has 0 spiro atoms. The average Bonchev–Trinajstić information content (AvgIpc) is 3.12. The Balaban J connectivity index is 0.000000423. The molecule has 1 aromatic heterocycles. The summed E-state index contributed by atoms with van der Waals surface area (Å²) in [7, 11) is 3.65. The highest BCUT2D eigenvalue weighted by atomic mass is 19.4. The van der Waals surface area contributed by atoms with E-state index in [1.807, 2.05) is 38.6 Å². The van der Waals surface area contributed by atoms with Crippen LogP contribution < -0.4 is 0 Å². The van der Waals surface area contributed by atoms with E-state index in [0.717, 1.165) is 30.9 Å². The first-order valence-corrected chi connectivity index (χ1v) is 9.78. The maximum Gasteiger partial charge on any atom is 0.490 e. The van der Waals surface area contributed by atoms with Gasteiger partial charge >= 0.3 is 12.1 Å². The molecule has 0 radical (unpaired) electrons. The number of benzene rings is 1. The van der Waals surface area contributed by atoms with Gasteiger partial charge in [-0.05, 0) is 19.4 Å². The SMILES string of the molecule is CC(C)n1cnc2c1C(C(=O)N(C)C)N(Cc1ccccc1)CC2.O=C(O)C(F)(F)F. The predicted octanol–water partition coefficient (Wildman–Crippen LogP) is 3.28. The third kappa shape index (κ3) is 6.06. The van der Waals surface area contributed by atoms with Gasteiger partial charge in [-0.15, -0.1) is 0 Å². The summed E-state index contributed by atoms with van der Waals surface area (Å²) in [6.45, 7) is 5.89. The molecule has 0 saturated heterocycles. The minimum absolute atomic E-state index is 0.120. The molecule has 1 N–H and O–H groups in total. The quantitative estimate of drug-likeness (QED) is 0.790. The molecule has 0 saturated carbocycles. The molecule has 1 aliphatic rings. The van der Waals surface area contributed by atoms with Gasteiger partial charge in [-0.25, -0.2) is 9.78 Å². The van der Waals surface area contributed by atoms with Crippen LogP contribution in [0.3, 0.4) is 0 Å². The van der Waals surface area contributed by atoms with Crippen molar-refractivity contribution in [1.29, 1.82) is 0 Å². The van der Waals surface area contributed by atoms with Crippen molar-refractivity contribution in [3.8, 4) is 0 Å². The zero-order chi connectivity index (χ0) is 23.3. The second kappa shape index (κ2) is 9.95. The van der Waals surface area contributed by atoms with Crippen molar-refractivity contribution in [2.45, 2.75) is 45.1 Å². The lowest BCUT2D eigenvalue weighted by Crippen LogP contribution is -2.44. The number of rotatable bonds is 4. The van der Waals surface area contributed by atoms with E-state index in [-0.39, 0.29) is 18.0 Å². The van der Waals surface area contributed by atoms with Crippen LogP contribution in [-0.4, -0.2) is 63.2 Å². The first-order chi connectivity index (χ1) is 14.4. The molecule has 31 heavy (non-hydrogen) atoms. The Hall–Kier alpha value is -2.88. The summed E-state index contributed by atoms with van der Waals surface area (Å²) in [5.74, 6) is -2.64. The van der Waals surface area contributed by atoms with Crippen LogP contribution in [-0.2, 0) is 22.6 Å². The minimum Gasteiger partial charge on any atom is -0.475 e. The topological polar surface area (TPSA) is 78.7 Å². The van der Waals surface area contributed by atoms with Crippen LogP contribution in [0.2, 0.25) is 0 Å². The van der Waals surface area contributed by atoms with Gasteiger partial charge in [0.25, 0.3) is 0 Å². The van der Waals surface area contributed by atoms with Crippen LogP contribution in [0, 0.1) is 0 Å². The zero-order valence-electron chi connectivity index (χ0n) is 17.9. The summed E-state index contributed by atoms with van der Waals surface area (Å²) < 4.78 is 33.9. The maximum absolute atomic E-state index is 13.0. The van der Waals surface area contributed by atoms with Crippen LogP contribution >= 0.6 is 0 Å².